The average molecular weight is 272 g/mol. The van der Waals surface area contributed by atoms with Gasteiger partial charge in [-0.3, -0.25) is 9.78 Å². The fourth-order valence-electron chi connectivity index (χ4n) is 1.91. The highest BCUT2D eigenvalue weighted by atomic mass is 16.4. The molecule has 0 bridgehead atoms. The molecule has 20 heavy (non-hydrogen) atoms. The second-order valence-electron chi connectivity index (χ2n) is 4.82. The van der Waals surface area contributed by atoms with Crippen LogP contribution in [0.15, 0.2) is 36.5 Å². The Morgan fingerprint density at radius 1 is 1.30 bits per heavy atom. The van der Waals surface area contributed by atoms with E-state index in [1.165, 1.54) is 6.92 Å². The minimum atomic E-state index is -1.28. The molecule has 1 unspecified atom stereocenters. The van der Waals surface area contributed by atoms with Gasteiger partial charge in [0.05, 0.1) is 5.52 Å². The van der Waals surface area contributed by atoms with Gasteiger partial charge in [0.25, 0.3) is 5.91 Å². The predicted molar refractivity (Wildman–Crippen MR) is 75.5 cm³/mol. The van der Waals surface area contributed by atoms with Crippen LogP contribution in [-0.4, -0.2) is 27.5 Å². The summed E-state index contributed by atoms with van der Waals surface area (Å²) in [5, 5.41) is 12.5. The number of carbonyl (C=O) groups is 2. The number of aromatic nitrogens is 1. The summed E-state index contributed by atoms with van der Waals surface area (Å²) in [6.45, 7) is 3.22. The van der Waals surface area contributed by atoms with Crippen molar-refractivity contribution in [1.29, 1.82) is 0 Å². The van der Waals surface area contributed by atoms with E-state index < -0.39 is 17.4 Å². The monoisotopic (exact) mass is 272 g/mol. The molecule has 0 aliphatic rings. The minimum Gasteiger partial charge on any atom is -0.480 e. The number of hydrogen-bond acceptors (Lipinski definition) is 3. The number of aliphatic carboxylic acids is 1. The lowest BCUT2D eigenvalue weighted by Gasteiger charge is -2.24. The highest BCUT2D eigenvalue weighted by Crippen LogP contribution is 2.18. The standard InChI is InChI=1S/C15H16N2O3/c1-3-15(2,14(19)20)17-13(18)11-6-4-8-12-10(11)7-5-9-16-12/h4-9H,3H2,1-2H3,(H,17,18)(H,19,20). The van der Waals surface area contributed by atoms with E-state index in [0.717, 1.165) is 0 Å². The summed E-state index contributed by atoms with van der Waals surface area (Å²) in [5.41, 5.74) is -0.147. The highest BCUT2D eigenvalue weighted by molar-refractivity contribution is 6.07. The van der Waals surface area contributed by atoms with E-state index in [1.54, 1.807) is 37.4 Å². The van der Waals surface area contributed by atoms with E-state index in [0.29, 0.717) is 22.9 Å². The lowest BCUT2D eigenvalue weighted by molar-refractivity contribution is -0.143. The first-order chi connectivity index (χ1) is 9.48. The smallest absolute Gasteiger partial charge is 0.329 e. The summed E-state index contributed by atoms with van der Waals surface area (Å²) in [5.74, 6) is -1.46. The molecule has 0 aliphatic carbocycles. The molecule has 2 rings (SSSR count). The molecule has 0 radical (unpaired) electrons. The molecular weight excluding hydrogens is 256 g/mol. The normalized spacial score (nSPS) is 13.7. The molecule has 2 N–H and O–H groups in total. The van der Waals surface area contributed by atoms with E-state index in [9.17, 15) is 14.7 Å². The first-order valence-electron chi connectivity index (χ1n) is 6.37. The number of rotatable bonds is 4. The zero-order valence-electron chi connectivity index (χ0n) is 11.4. The van der Waals surface area contributed by atoms with Crippen molar-refractivity contribution in [3.05, 3.63) is 42.1 Å². The maximum Gasteiger partial charge on any atom is 0.329 e. The molecule has 5 heteroatoms. The van der Waals surface area contributed by atoms with E-state index in [4.69, 9.17) is 0 Å². The Morgan fingerprint density at radius 2 is 2.05 bits per heavy atom. The molecule has 0 saturated carbocycles. The number of amides is 1. The van der Waals surface area contributed by atoms with Gasteiger partial charge in [-0.25, -0.2) is 4.79 Å². The first-order valence-corrected chi connectivity index (χ1v) is 6.37. The molecule has 2 aromatic rings. The molecule has 1 heterocycles. The van der Waals surface area contributed by atoms with Gasteiger partial charge < -0.3 is 10.4 Å². The molecule has 0 spiro atoms. The zero-order chi connectivity index (χ0) is 14.8. The second-order valence-corrected chi connectivity index (χ2v) is 4.82. The number of carbonyl (C=O) groups excluding carboxylic acids is 1. The van der Waals surface area contributed by atoms with Gasteiger partial charge >= 0.3 is 5.97 Å². The lowest BCUT2D eigenvalue weighted by Crippen LogP contribution is -2.51. The van der Waals surface area contributed by atoms with E-state index >= 15 is 0 Å². The first kappa shape index (κ1) is 14.0. The summed E-state index contributed by atoms with van der Waals surface area (Å²) in [6, 6.07) is 8.74. The Kier molecular flexibility index (Phi) is 3.70. The van der Waals surface area contributed by atoms with E-state index in [2.05, 4.69) is 10.3 Å². The summed E-state index contributed by atoms with van der Waals surface area (Å²) in [4.78, 5) is 27.8. The fourth-order valence-corrected chi connectivity index (χ4v) is 1.91. The number of fused-ring (bicyclic) bond motifs is 1. The maximum absolute atomic E-state index is 12.3. The molecule has 1 aromatic carbocycles. The topological polar surface area (TPSA) is 79.3 Å². The van der Waals surface area contributed by atoms with Crippen LogP contribution in [0.25, 0.3) is 10.9 Å². The van der Waals surface area contributed by atoms with Crippen molar-refractivity contribution in [3.63, 3.8) is 0 Å². The Hall–Kier alpha value is -2.43. The van der Waals surface area contributed by atoms with Gasteiger partial charge in [0.2, 0.25) is 0 Å². The number of carboxylic acids is 1. The minimum absolute atomic E-state index is 0.303. The summed E-state index contributed by atoms with van der Waals surface area (Å²) >= 11 is 0. The van der Waals surface area contributed by atoms with Crippen LogP contribution in [0.4, 0.5) is 0 Å². The Bertz CT molecular complexity index is 664. The number of benzene rings is 1. The van der Waals surface area contributed by atoms with Crippen molar-refractivity contribution < 1.29 is 14.7 Å². The summed E-state index contributed by atoms with van der Waals surface area (Å²) in [7, 11) is 0. The van der Waals surface area contributed by atoms with Crippen LogP contribution >= 0.6 is 0 Å². The highest BCUT2D eigenvalue weighted by Gasteiger charge is 2.33. The molecule has 104 valence electrons. The molecular formula is C15H16N2O3. The molecule has 0 saturated heterocycles. The van der Waals surface area contributed by atoms with Crippen LogP contribution in [0.1, 0.15) is 30.6 Å². The molecule has 1 aromatic heterocycles. The van der Waals surface area contributed by atoms with Crippen LogP contribution in [0.3, 0.4) is 0 Å². The van der Waals surface area contributed by atoms with Crippen LogP contribution in [0.2, 0.25) is 0 Å². The Labute approximate surface area is 116 Å². The summed E-state index contributed by atoms with van der Waals surface area (Å²) < 4.78 is 0. The van der Waals surface area contributed by atoms with Crippen LogP contribution in [-0.2, 0) is 4.79 Å². The second kappa shape index (κ2) is 5.28. The third-order valence-corrected chi connectivity index (χ3v) is 3.46. The van der Waals surface area contributed by atoms with Crippen molar-refractivity contribution >= 4 is 22.8 Å². The van der Waals surface area contributed by atoms with Crippen LogP contribution in [0, 0.1) is 0 Å². The van der Waals surface area contributed by atoms with Crippen LogP contribution in [0.5, 0.6) is 0 Å². The van der Waals surface area contributed by atoms with Gasteiger partial charge in [-0.1, -0.05) is 19.1 Å². The van der Waals surface area contributed by atoms with E-state index in [-0.39, 0.29) is 0 Å². The maximum atomic E-state index is 12.3. The van der Waals surface area contributed by atoms with Crippen molar-refractivity contribution in [1.82, 2.24) is 10.3 Å². The van der Waals surface area contributed by atoms with Crippen molar-refractivity contribution in [2.45, 2.75) is 25.8 Å². The predicted octanol–water partition coefficient (Wildman–Crippen LogP) is 2.22. The van der Waals surface area contributed by atoms with Gasteiger partial charge in [-0.05, 0) is 31.5 Å². The van der Waals surface area contributed by atoms with Crippen molar-refractivity contribution in [2.24, 2.45) is 0 Å². The molecule has 5 nitrogen and oxygen atoms in total. The number of pyridine rings is 1. The molecule has 0 aliphatic heterocycles. The third kappa shape index (κ3) is 2.47. The van der Waals surface area contributed by atoms with Gasteiger partial charge in [-0.2, -0.15) is 0 Å². The third-order valence-electron chi connectivity index (χ3n) is 3.46. The zero-order valence-corrected chi connectivity index (χ0v) is 11.4. The average Bonchev–Trinajstić information content (AvgIpc) is 2.46. The number of carboxylic acid groups (broad SMARTS) is 1. The lowest BCUT2D eigenvalue weighted by atomic mass is 9.98. The number of nitrogens with one attached hydrogen (secondary N) is 1. The van der Waals surface area contributed by atoms with Crippen LogP contribution < -0.4 is 5.32 Å². The SMILES string of the molecule is CCC(C)(NC(=O)c1cccc2ncccc12)C(=O)O. The van der Waals surface area contributed by atoms with Crippen molar-refractivity contribution in [2.75, 3.05) is 0 Å². The Balaban J connectivity index is 2.40. The largest absolute Gasteiger partial charge is 0.480 e. The number of nitrogens with zero attached hydrogens (tertiary/aromatic N) is 1. The van der Waals surface area contributed by atoms with Gasteiger partial charge in [-0.15, -0.1) is 0 Å². The quantitative estimate of drug-likeness (QED) is 0.894. The van der Waals surface area contributed by atoms with E-state index in [1.807, 2.05) is 6.07 Å². The molecule has 1 atom stereocenters. The fraction of sp³-hybridized carbons (Fsp3) is 0.267. The summed E-state index contributed by atoms with van der Waals surface area (Å²) in [6.07, 6.45) is 1.95. The van der Waals surface area contributed by atoms with Gasteiger partial charge in [0.15, 0.2) is 0 Å². The van der Waals surface area contributed by atoms with Crippen molar-refractivity contribution in [3.8, 4) is 0 Å². The Morgan fingerprint density at radius 3 is 2.70 bits per heavy atom. The van der Waals surface area contributed by atoms with Gasteiger partial charge in [0, 0.05) is 17.1 Å². The molecule has 1 amide bonds. The molecule has 0 fully saturated rings. The van der Waals surface area contributed by atoms with Gasteiger partial charge in [0.1, 0.15) is 5.54 Å². The number of hydrogen-bond donors (Lipinski definition) is 2.